The molecule has 0 aromatic heterocycles. The number of nitrogens with zero attached hydrogens (tertiary/aromatic N) is 1. The Morgan fingerprint density at radius 3 is 2.38 bits per heavy atom. The minimum Gasteiger partial charge on any atom is -0.340 e. The van der Waals surface area contributed by atoms with Gasteiger partial charge < -0.3 is 5.32 Å². The number of carbonyl (C=O) groups excluding carboxylic acids is 1. The average Bonchev–Trinajstić information content (AvgIpc) is 2.80. The molecule has 1 unspecified atom stereocenters. The molecule has 0 spiro atoms. The van der Waals surface area contributed by atoms with Crippen molar-refractivity contribution in [2.45, 2.75) is 39.7 Å². The molecule has 1 atom stereocenters. The van der Waals surface area contributed by atoms with Gasteiger partial charge in [-0.25, -0.2) is 0 Å². The van der Waals surface area contributed by atoms with Gasteiger partial charge in [0.15, 0.2) is 0 Å². The molecular formula is C10H16N2O. The van der Waals surface area contributed by atoms with E-state index in [4.69, 9.17) is 5.26 Å². The lowest BCUT2D eigenvalue weighted by Crippen LogP contribution is -2.42. The van der Waals surface area contributed by atoms with Gasteiger partial charge in [0.05, 0.1) is 6.07 Å². The maximum absolute atomic E-state index is 11.5. The van der Waals surface area contributed by atoms with Gasteiger partial charge in [0.2, 0.25) is 5.91 Å². The Balaban J connectivity index is 2.47. The number of rotatable bonds is 2. The zero-order valence-electron chi connectivity index (χ0n) is 8.42. The lowest BCUT2D eigenvalue weighted by Gasteiger charge is -2.20. The van der Waals surface area contributed by atoms with E-state index >= 15 is 0 Å². The van der Waals surface area contributed by atoms with Crippen molar-refractivity contribution in [1.29, 1.82) is 5.26 Å². The summed E-state index contributed by atoms with van der Waals surface area (Å²) in [5, 5.41) is 11.6. The molecule has 1 saturated carbocycles. The second-order valence-electron chi connectivity index (χ2n) is 4.67. The maximum atomic E-state index is 11.5. The number of hydrogen-bond acceptors (Lipinski definition) is 2. The monoisotopic (exact) mass is 180 g/mol. The van der Waals surface area contributed by atoms with Crippen LogP contribution in [0.15, 0.2) is 0 Å². The third kappa shape index (κ3) is 2.73. The van der Waals surface area contributed by atoms with Gasteiger partial charge >= 0.3 is 0 Å². The third-order valence-corrected chi connectivity index (χ3v) is 2.20. The van der Waals surface area contributed by atoms with Crippen molar-refractivity contribution in [2.75, 3.05) is 0 Å². The molecule has 0 heterocycles. The molecule has 1 fully saturated rings. The molecule has 1 aliphatic carbocycles. The first-order valence-electron chi connectivity index (χ1n) is 4.65. The van der Waals surface area contributed by atoms with E-state index in [-0.39, 0.29) is 11.9 Å². The molecule has 3 heteroatoms. The molecule has 1 aliphatic rings. The number of amides is 1. The van der Waals surface area contributed by atoms with E-state index in [2.05, 4.69) is 11.4 Å². The van der Waals surface area contributed by atoms with Crippen molar-refractivity contribution < 1.29 is 4.79 Å². The second kappa shape index (κ2) is 3.37. The fourth-order valence-electron chi connectivity index (χ4n) is 1.04. The molecule has 0 aliphatic heterocycles. The molecule has 0 bridgehead atoms. The number of carbonyl (C=O) groups is 1. The summed E-state index contributed by atoms with van der Waals surface area (Å²) in [5.74, 6) is 0.363. The number of nitrogens with one attached hydrogen (secondary N) is 1. The summed E-state index contributed by atoms with van der Waals surface area (Å²) >= 11 is 0. The van der Waals surface area contributed by atoms with Crippen LogP contribution in [0.1, 0.15) is 33.6 Å². The van der Waals surface area contributed by atoms with Gasteiger partial charge in [0.25, 0.3) is 0 Å². The molecule has 1 amide bonds. The van der Waals surface area contributed by atoms with Crippen LogP contribution in [0.2, 0.25) is 0 Å². The molecule has 3 nitrogen and oxygen atoms in total. The lowest BCUT2D eigenvalue weighted by atomic mass is 9.95. The average molecular weight is 180 g/mol. The first-order chi connectivity index (χ1) is 5.95. The smallest absolute Gasteiger partial charge is 0.226 e. The molecule has 0 aromatic carbocycles. The minimum atomic E-state index is -0.399. The Bertz CT molecular complexity index is 243. The van der Waals surface area contributed by atoms with Crippen LogP contribution in [0.5, 0.6) is 0 Å². The normalized spacial score (nSPS) is 18.9. The van der Waals surface area contributed by atoms with Crippen molar-refractivity contribution in [2.24, 2.45) is 11.3 Å². The summed E-state index contributed by atoms with van der Waals surface area (Å²) in [6.45, 7) is 5.55. The van der Waals surface area contributed by atoms with E-state index in [9.17, 15) is 4.79 Å². The Morgan fingerprint density at radius 2 is 2.08 bits per heavy atom. The number of nitriles is 1. The highest BCUT2D eigenvalue weighted by Crippen LogP contribution is 2.32. The third-order valence-electron chi connectivity index (χ3n) is 2.20. The summed E-state index contributed by atoms with van der Waals surface area (Å²) in [6.07, 6.45) is 2.14. The summed E-state index contributed by atoms with van der Waals surface area (Å²) < 4.78 is 0. The highest BCUT2D eigenvalue weighted by molar-refractivity contribution is 5.81. The summed E-state index contributed by atoms with van der Waals surface area (Å²) in [7, 11) is 0. The van der Waals surface area contributed by atoms with Crippen molar-refractivity contribution in [3.05, 3.63) is 0 Å². The van der Waals surface area contributed by atoms with Crippen LogP contribution in [0, 0.1) is 22.7 Å². The number of hydrogen-bond donors (Lipinski definition) is 1. The van der Waals surface area contributed by atoms with E-state index in [1.807, 2.05) is 20.8 Å². The van der Waals surface area contributed by atoms with Gasteiger partial charge in [0.1, 0.15) is 6.04 Å². The molecule has 0 radical (unpaired) electrons. The Hall–Kier alpha value is -1.04. The van der Waals surface area contributed by atoms with Crippen molar-refractivity contribution in [3.63, 3.8) is 0 Å². The maximum Gasteiger partial charge on any atom is 0.226 e. The van der Waals surface area contributed by atoms with Crippen LogP contribution < -0.4 is 5.32 Å². The molecule has 72 valence electrons. The zero-order chi connectivity index (χ0) is 10.1. The quantitative estimate of drug-likeness (QED) is 0.699. The van der Waals surface area contributed by atoms with Gasteiger partial charge in [-0.15, -0.1) is 0 Å². The standard InChI is InChI=1S/C10H16N2O/c1-10(2,3)9(13)12-8(6-11)7-4-5-7/h7-8H,4-5H2,1-3H3,(H,12,13). The molecule has 0 aromatic rings. The van der Waals surface area contributed by atoms with E-state index < -0.39 is 5.41 Å². The lowest BCUT2D eigenvalue weighted by molar-refractivity contribution is -0.129. The fraction of sp³-hybridized carbons (Fsp3) is 0.800. The zero-order valence-corrected chi connectivity index (χ0v) is 8.42. The predicted molar refractivity (Wildman–Crippen MR) is 49.7 cm³/mol. The van der Waals surface area contributed by atoms with Gasteiger partial charge in [-0.1, -0.05) is 20.8 Å². The first-order valence-corrected chi connectivity index (χ1v) is 4.65. The van der Waals surface area contributed by atoms with E-state index in [0.717, 1.165) is 12.8 Å². The Morgan fingerprint density at radius 1 is 1.54 bits per heavy atom. The van der Waals surface area contributed by atoms with Gasteiger partial charge in [-0.2, -0.15) is 5.26 Å². The highest BCUT2D eigenvalue weighted by atomic mass is 16.2. The highest BCUT2D eigenvalue weighted by Gasteiger charge is 2.34. The fourth-order valence-corrected chi connectivity index (χ4v) is 1.04. The summed E-state index contributed by atoms with van der Waals surface area (Å²) in [6, 6.07) is 1.86. The predicted octanol–water partition coefficient (Wildman–Crippen LogP) is 1.45. The van der Waals surface area contributed by atoms with Crippen LogP contribution in [0.25, 0.3) is 0 Å². The van der Waals surface area contributed by atoms with Crippen LogP contribution in [0.4, 0.5) is 0 Å². The molecule has 13 heavy (non-hydrogen) atoms. The van der Waals surface area contributed by atoms with Crippen molar-refractivity contribution >= 4 is 5.91 Å². The largest absolute Gasteiger partial charge is 0.340 e. The van der Waals surface area contributed by atoms with Crippen LogP contribution >= 0.6 is 0 Å². The molecule has 1 N–H and O–H groups in total. The van der Waals surface area contributed by atoms with Gasteiger partial charge in [-0.05, 0) is 18.8 Å². The summed E-state index contributed by atoms with van der Waals surface area (Å²) in [4.78, 5) is 11.5. The van der Waals surface area contributed by atoms with E-state index in [0.29, 0.717) is 5.92 Å². The molecular weight excluding hydrogens is 164 g/mol. The SMILES string of the molecule is CC(C)(C)C(=O)NC(C#N)C1CC1. The minimum absolute atomic E-state index is 0.0362. The topological polar surface area (TPSA) is 52.9 Å². The molecule has 1 rings (SSSR count). The van der Waals surface area contributed by atoms with Crippen LogP contribution in [-0.2, 0) is 4.79 Å². The first kappa shape index (κ1) is 10.0. The van der Waals surface area contributed by atoms with E-state index in [1.165, 1.54) is 0 Å². The van der Waals surface area contributed by atoms with Crippen molar-refractivity contribution in [3.8, 4) is 6.07 Å². The van der Waals surface area contributed by atoms with Crippen molar-refractivity contribution in [1.82, 2.24) is 5.32 Å². The van der Waals surface area contributed by atoms with Gasteiger partial charge in [0, 0.05) is 5.41 Å². The van der Waals surface area contributed by atoms with Crippen LogP contribution in [-0.4, -0.2) is 11.9 Å². The van der Waals surface area contributed by atoms with Gasteiger partial charge in [-0.3, -0.25) is 4.79 Å². The second-order valence-corrected chi connectivity index (χ2v) is 4.67. The summed E-state index contributed by atoms with van der Waals surface area (Å²) in [5.41, 5.74) is -0.399. The molecule has 0 saturated heterocycles. The van der Waals surface area contributed by atoms with E-state index in [1.54, 1.807) is 0 Å². The van der Waals surface area contributed by atoms with Crippen LogP contribution in [0.3, 0.4) is 0 Å². The Labute approximate surface area is 79.1 Å². The Kier molecular flexibility index (Phi) is 2.60.